The van der Waals surface area contributed by atoms with Gasteiger partial charge in [-0.15, -0.1) is 0 Å². The first-order chi connectivity index (χ1) is 8.54. The summed E-state index contributed by atoms with van der Waals surface area (Å²) in [4.78, 5) is 12.1. The first-order valence-electron chi connectivity index (χ1n) is 6.12. The summed E-state index contributed by atoms with van der Waals surface area (Å²) >= 11 is 0. The number of nitrogens with one attached hydrogen (secondary N) is 1. The van der Waals surface area contributed by atoms with Gasteiger partial charge in [-0.25, -0.2) is 0 Å². The van der Waals surface area contributed by atoms with Crippen molar-refractivity contribution in [3.63, 3.8) is 0 Å². The maximum absolute atomic E-state index is 12.1. The van der Waals surface area contributed by atoms with Crippen LogP contribution in [0.2, 0.25) is 0 Å². The van der Waals surface area contributed by atoms with E-state index in [4.69, 9.17) is 5.73 Å². The molecule has 3 heteroatoms. The number of nitrogens with two attached hydrogens (primary N) is 1. The highest BCUT2D eigenvalue weighted by Gasteiger charge is 2.10. The lowest BCUT2D eigenvalue weighted by molar-refractivity contribution is 0.0948. The van der Waals surface area contributed by atoms with Gasteiger partial charge in [-0.3, -0.25) is 4.79 Å². The van der Waals surface area contributed by atoms with Crippen molar-refractivity contribution in [2.75, 3.05) is 13.1 Å². The fraction of sp³-hybridized carbons (Fsp3) is 0.400. The summed E-state index contributed by atoms with van der Waals surface area (Å²) in [6, 6.07) is 5.66. The molecule has 0 aliphatic heterocycles. The zero-order chi connectivity index (χ0) is 13.5. The molecule has 0 heterocycles. The van der Waals surface area contributed by atoms with Crippen molar-refractivity contribution < 1.29 is 4.79 Å². The predicted molar refractivity (Wildman–Crippen MR) is 74.3 cm³/mol. The largest absolute Gasteiger partial charge is 0.352 e. The molecular weight excluding hydrogens is 224 g/mol. The standard InChI is InChI=1S/C15H20N2O/c1-11(2)10-17-15(18)14-9-12(3)6-7-13(14)5-4-8-16/h6-7,9,11H,8,10,16H2,1-3H3,(H,17,18). The van der Waals surface area contributed by atoms with Crippen LogP contribution in [-0.2, 0) is 0 Å². The van der Waals surface area contributed by atoms with Gasteiger partial charge in [0.15, 0.2) is 0 Å². The zero-order valence-corrected chi connectivity index (χ0v) is 11.2. The minimum absolute atomic E-state index is 0.0753. The Balaban J connectivity index is 2.97. The molecule has 1 rings (SSSR count). The topological polar surface area (TPSA) is 55.1 Å². The van der Waals surface area contributed by atoms with Crippen LogP contribution in [0.4, 0.5) is 0 Å². The van der Waals surface area contributed by atoms with Gasteiger partial charge in [0, 0.05) is 12.1 Å². The number of hydrogen-bond acceptors (Lipinski definition) is 2. The number of benzene rings is 1. The molecule has 18 heavy (non-hydrogen) atoms. The first kappa shape index (κ1) is 14.3. The van der Waals surface area contributed by atoms with Crippen LogP contribution in [0.25, 0.3) is 0 Å². The third-order valence-corrected chi connectivity index (χ3v) is 2.42. The van der Waals surface area contributed by atoms with Crippen LogP contribution in [0.5, 0.6) is 0 Å². The van der Waals surface area contributed by atoms with Gasteiger partial charge in [-0.1, -0.05) is 37.3 Å². The van der Waals surface area contributed by atoms with Crippen LogP contribution in [0.15, 0.2) is 18.2 Å². The van der Waals surface area contributed by atoms with Crippen molar-refractivity contribution in [2.24, 2.45) is 11.7 Å². The SMILES string of the molecule is Cc1ccc(C#CCN)c(C(=O)NCC(C)C)c1. The molecule has 1 aromatic carbocycles. The normalized spacial score (nSPS) is 9.83. The van der Waals surface area contributed by atoms with Crippen LogP contribution in [0, 0.1) is 24.7 Å². The van der Waals surface area contributed by atoms with E-state index in [1.807, 2.05) is 25.1 Å². The smallest absolute Gasteiger partial charge is 0.252 e. The van der Waals surface area contributed by atoms with E-state index in [2.05, 4.69) is 31.0 Å². The molecule has 0 fully saturated rings. The summed E-state index contributed by atoms with van der Waals surface area (Å²) in [5.41, 5.74) is 7.75. The highest BCUT2D eigenvalue weighted by molar-refractivity contribution is 5.96. The number of aryl methyl sites for hydroxylation is 1. The van der Waals surface area contributed by atoms with Gasteiger partial charge in [0.1, 0.15) is 0 Å². The van der Waals surface area contributed by atoms with Crippen molar-refractivity contribution >= 4 is 5.91 Å². The molecule has 3 N–H and O–H groups in total. The molecule has 0 saturated heterocycles. The van der Waals surface area contributed by atoms with E-state index in [-0.39, 0.29) is 5.91 Å². The number of amides is 1. The van der Waals surface area contributed by atoms with Crippen LogP contribution < -0.4 is 11.1 Å². The van der Waals surface area contributed by atoms with E-state index in [0.717, 1.165) is 11.1 Å². The quantitative estimate of drug-likeness (QED) is 0.795. The Morgan fingerprint density at radius 1 is 1.44 bits per heavy atom. The Bertz CT molecular complexity index is 481. The molecule has 0 atom stereocenters. The average Bonchev–Trinajstić information content (AvgIpc) is 2.34. The average molecular weight is 244 g/mol. The zero-order valence-electron chi connectivity index (χ0n) is 11.2. The van der Waals surface area contributed by atoms with Gasteiger partial charge in [-0.05, 0) is 25.0 Å². The molecule has 0 saturated carbocycles. The lowest BCUT2D eigenvalue weighted by Gasteiger charge is -2.09. The highest BCUT2D eigenvalue weighted by atomic mass is 16.1. The molecule has 3 nitrogen and oxygen atoms in total. The van der Waals surface area contributed by atoms with Crippen molar-refractivity contribution in [1.82, 2.24) is 5.32 Å². The highest BCUT2D eigenvalue weighted by Crippen LogP contribution is 2.11. The minimum atomic E-state index is -0.0753. The second-order valence-corrected chi connectivity index (χ2v) is 4.66. The van der Waals surface area contributed by atoms with Crippen LogP contribution in [0.1, 0.15) is 35.3 Å². The fourth-order valence-corrected chi connectivity index (χ4v) is 1.49. The van der Waals surface area contributed by atoms with E-state index >= 15 is 0 Å². The molecule has 0 aliphatic carbocycles. The Kier molecular flexibility index (Phi) is 5.41. The lowest BCUT2D eigenvalue weighted by atomic mass is 10.0. The minimum Gasteiger partial charge on any atom is -0.352 e. The first-order valence-corrected chi connectivity index (χ1v) is 6.12. The molecule has 96 valence electrons. The molecule has 0 aromatic heterocycles. The molecule has 0 bridgehead atoms. The van der Waals surface area contributed by atoms with Gasteiger partial charge >= 0.3 is 0 Å². The van der Waals surface area contributed by atoms with Crippen LogP contribution in [-0.4, -0.2) is 19.0 Å². The number of carbonyl (C=O) groups excluding carboxylic acids is 1. The van der Waals surface area contributed by atoms with Crippen LogP contribution >= 0.6 is 0 Å². The van der Waals surface area contributed by atoms with Gasteiger partial charge in [-0.2, -0.15) is 0 Å². The fourth-order valence-electron chi connectivity index (χ4n) is 1.49. The summed E-state index contributed by atoms with van der Waals surface area (Å²) in [6.07, 6.45) is 0. The van der Waals surface area contributed by atoms with E-state index < -0.39 is 0 Å². The van der Waals surface area contributed by atoms with E-state index in [9.17, 15) is 4.79 Å². The summed E-state index contributed by atoms with van der Waals surface area (Å²) in [5, 5.41) is 2.90. The number of carbonyl (C=O) groups is 1. The lowest BCUT2D eigenvalue weighted by Crippen LogP contribution is -2.28. The number of rotatable bonds is 3. The maximum atomic E-state index is 12.1. The Morgan fingerprint density at radius 3 is 2.78 bits per heavy atom. The Hall–Kier alpha value is -1.79. The third kappa shape index (κ3) is 4.23. The van der Waals surface area contributed by atoms with E-state index in [1.54, 1.807) is 0 Å². The molecule has 1 aromatic rings. The third-order valence-electron chi connectivity index (χ3n) is 2.42. The van der Waals surface area contributed by atoms with Gasteiger partial charge in [0.25, 0.3) is 5.91 Å². The van der Waals surface area contributed by atoms with Gasteiger partial charge in [0.2, 0.25) is 0 Å². The maximum Gasteiger partial charge on any atom is 0.252 e. The summed E-state index contributed by atoms with van der Waals surface area (Å²) < 4.78 is 0. The molecule has 1 amide bonds. The summed E-state index contributed by atoms with van der Waals surface area (Å²) in [5.74, 6) is 6.07. The second kappa shape index (κ2) is 6.83. The Labute approximate surface area is 109 Å². The van der Waals surface area contributed by atoms with Crippen molar-refractivity contribution in [1.29, 1.82) is 0 Å². The molecular formula is C15H20N2O. The summed E-state index contributed by atoms with van der Waals surface area (Å²) in [7, 11) is 0. The van der Waals surface area contributed by atoms with Crippen molar-refractivity contribution in [3.05, 3.63) is 34.9 Å². The molecule has 0 radical (unpaired) electrons. The second-order valence-electron chi connectivity index (χ2n) is 4.66. The monoisotopic (exact) mass is 244 g/mol. The number of hydrogen-bond donors (Lipinski definition) is 2. The molecule has 0 aliphatic rings. The van der Waals surface area contributed by atoms with E-state index in [1.165, 1.54) is 0 Å². The van der Waals surface area contributed by atoms with Gasteiger partial charge in [0.05, 0.1) is 12.1 Å². The molecule has 0 spiro atoms. The molecule has 0 unspecified atom stereocenters. The van der Waals surface area contributed by atoms with Crippen LogP contribution in [0.3, 0.4) is 0 Å². The Morgan fingerprint density at radius 2 is 2.17 bits per heavy atom. The van der Waals surface area contributed by atoms with Crippen molar-refractivity contribution in [3.8, 4) is 11.8 Å². The summed E-state index contributed by atoms with van der Waals surface area (Å²) in [6.45, 7) is 7.04. The predicted octanol–water partition coefficient (Wildman–Crippen LogP) is 1.69. The van der Waals surface area contributed by atoms with E-state index in [0.29, 0.717) is 24.6 Å². The van der Waals surface area contributed by atoms with Crippen molar-refractivity contribution in [2.45, 2.75) is 20.8 Å². The van der Waals surface area contributed by atoms with Gasteiger partial charge < -0.3 is 11.1 Å².